The fourth-order valence-electron chi connectivity index (χ4n) is 2.86. The van der Waals surface area contributed by atoms with Crippen molar-refractivity contribution in [3.05, 3.63) is 58.1 Å². The third-order valence-corrected chi connectivity index (χ3v) is 5.52. The van der Waals surface area contributed by atoms with Gasteiger partial charge in [0.05, 0.1) is 36.8 Å². The van der Waals surface area contributed by atoms with Crippen molar-refractivity contribution in [2.75, 3.05) is 24.3 Å². The summed E-state index contributed by atoms with van der Waals surface area (Å²) in [6, 6.07) is 9.33. The Labute approximate surface area is 185 Å². The Morgan fingerprint density at radius 2 is 1.94 bits per heavy atom. The normalized spacial score (nSPS) is 12.2. The highest BCUT2D eigenvalue weighted by molar-refractivity contribution is 7.92. The van der Waals surface area contributed by atoms with Gasteiger partial charge in [-0.05, 0) is 50.2 Å². The number of methoxy groups -OCH3 is 1. The first-order valence-corrected chi connectivity index (χ1v) is 11.3. The third-order valence-electron chi connectivity index (χ3n) is 4.28. The van der Waals surface area contributed by atoms with E-state index in [4.69, 9.17) is 9.47 Å². The molecule has 1 N–H and O–H groups in total. The molecule has 11 nitrogen and oxygen atoms in total. The summed E-state index contributed by atoms with van der Waals surface area (Å²) in [6.07, 6.45) is 2.20. The quantitative estimate of drug-likeness (QED) is 0.323. The lowest BCUT2D eigenvalue weighted by Gasteiger charge is -2.27. The highest BCUT2D eigenvalue weighted by atomic mass is 32.2. The minimum Gasteiger partial charge on any atom is -0.494 e. The second-order valence-electron chi connectivity index (χ2n) is 6.58. The highest BCUT2D eigenvalue weighted by Gasteiger charge is 2.29. The standard InChI is InChI=1S/C20H24N4O7S/c1-5-31-17-9-7-16(8-10-17)23(32(4,28)29)14(2)20(25)22-21-13-15-6-11-19(30-3)18(12-15)24(26)27/h6-14H,5H2,1-4H3,(H,22,25)/b21-13-/t14-/m0/s1. The van der Waals surface area contributed by atoms with Gasteiger partial charge in [-0.25, -0.2) is 13.8 Å². The Morgan fingerprint density at radius 3 is 2.47 bits per heavy atom. The third kappa shape index (κ3) is 6.17. The summed E-state index contributed by atoms with van der Waals surface area (Å²) >= 11 is 0. The fourth-order valence-corrected chi connectivity index (χ4v) is 4.03. The molecule has 0 saturated heterocycles. The zero-order valence-electron chi connectivity index (χ0n) is 18.0. The molecule has 1 atom stereocenters. The van der Waals surface area contributed by atoms with E-state index in [0.29, 0.717) is 17.9 Å². The fraction of sp³-hybridized carbons (Fsp3) is 0.300. The number of hydrazone groups is 1. The van der Waals surface area contributed by atoms with E-state index in [0.717, 1.165) is 10.6 Å². The molecule has 32 heavy (non-hydrogen) atoms. The Kier molecular flexibility index (Phi) is 8.13. The number of nitrogens with one attached hydrogen (secondary N) is 1. The van der Waals surface area contributed by atoms with E-state index in [1.54, 1.807) is 12.1 Å². The molecule has 2 aromatic carbocycles. The summed E-state index contributed by atoms with van der Waals surface area (Å²) in [6.45, 7) is 3.71. The number of anilines is 1. The number of carbonyl (C=O) groups excluding carboxylic acids is 1. The summed E-state index contributed by atoms with van der Waals surface area (Å²) in [7, 11) is -2.48. The van der Waals surface area contributed by atoms with E-state index < -0.39 is 26.9 Å². The molecular weight excluding hydrogens is 440 g/mol. The topological polar surface area (TPSA) is 140 Å². The second-order valence-corrected chi connectivity index (χ2v) is 8.44. The van der Waals surface area contributed by atoms with Crippen molar-refractivity contribution >= 4 is 33.5 Å². The molecule has 0 spiro atoms. The maximum Gasteiger partial charge on any atom is 0.311 e. The van der Waals surface area contributed by atoms with Crippen LogP contribution < -0.4 is 19.2 Å². The molecule has 0 saturated carbocycles. The van der Waals surface area contributed by atoms with Gasteiger partial charge in [-0.2, -0.15) is 5.10 Å². The van der Waals surface area contributed by atoms with Gasteiger partial charge in [0, 0.05) is 11.6 Å². The summed E-state index contributed by atoms with van der Waals surface area (Å²) in [5.74, 6) is -0.0347. The number of nitro benzene ring substituents is 1. The molecule has 0 radical (unpaired) electrons. The molecule has 0 bridgehead atoms. The molecule has 0 aliphatic heterocycles. The van der Waals surface area contributed by atoms with Crippen molar-refractivity contribution < 1.29 is 27.6 Å². The van der Waals surface area contributed by atoms with E-state index in [1.165, 1.54) is 50.6 Å². The van der Waals surface area contributed by atoms with Crippen LogP contribution in [-0.4, -0.2) is 51.5 Å². The zero-order valence-corrected chi connectivity index (χ0v) is 18.8. The molecule has 0 unspecified atom stereocenters. The number of hydrogen-bond donors (Lipinski definition) is 1. The number of nitrogens with zero attached hydrogens (tertiary/aromatic N) is 3. The molecule has 0 aromatic heterocycles. The lowest BCUT2D eigenvalue weighted by molar-refractivity contribution is -0.385. The number of amides is 1. The summed E-state index contributed by atoms with van der Waals surface area (Å²) in [5, 5.41) is 14.9. The molecule has 0 aliphatic carbocycles. The summed E-state index contributed by atoms with van der Waals surface area (Å²) in [5.41, 5.74) is 2.64. The summed E-state index contributed by atoms with van der Waals surface area (Å²) < 4.78 is 35.9. The molecule has 0 aliphatic rings. The maximum absolute atomic E-state index is 12.6. The minimum atomic E-state index is -3.80. The molecule has 2 rings (SSSR count). The van der Waals surface area contributed by atoms with Crippen LogP contribution in [0.2, 0.25) is 0 Å². The molecule has 2 aromatic rings. The van der Waals surface area contributed by atoms with Crippen LogP contribution in [0.15, 0.2) is 47.6 Å². The number of nitro groups is 1. The maximum atomic E-state index is 12.6. The average molecular weight is 465 g/mol. The van der Waals surface area contributed by atoms with Gasteiger partial charge in [0.15, 0.2) is 5.75 Å². The second kappa shape index (κ2) is 10.6. The van der Waals surface area contributed by atoms with E-state index in [9.17, 15) is 23.3 Å². The number of ether oxygens (including phenoxy) is 2. The number of rotatable bonds is 10. The van der Waals surface area contributed by atoms with Crippen molar-refractivity contribution in [3.63, 3.8) is 0 Å². The van der Waals surface area contributed by atoms with Crippen molar-refractivity contribution in [2.24, 2.45) is 5.10 Å². The van der Waals surface area contributed by atoms with Gasteiger partial charge in [-0.3, -0.25) is 19.2 Å². The van der Waals surface area contributed by atoms with Crippen LogP contribution in [0.4, 0.5) is 11.4 Å². The van der Waals surface area contributed by atoms with Gasteiger partial charge in [-0.15, -0.1) is 0 Å². The van der Waals surface area contributed by atoms with Crippen LogP contribution in [0.1, 0.15) is 19.4 Å². The predicted octanol–water partition coefficient (Wildman–Crippen LogP) is 2.31. The molecule has 0 heterocycles. The van der Waals surface area contributed by atoms with Gasteiger partial charge in [0.1, 0.15) is 11.8 Å². The largest absolute Gasteiger partial charge is 0.494 e. The Balaban J connectivity index is 2.18. The first-order valence-electron chi connectivity index (χ1n) is 9.46. The Morgan fingerprint density at radius 1 is 1.28 bits per heavy atom. The number of carbonyl (C=O) groups is 1. The van der Waals surface area contributed by atoms with Crippen LogP contribution in [0.25, 0.3) is 0 Å². The van der Waals surface area contributed by atoms with Crippen molar-refractivity contribution in [2.45, 2.75) is 19.9 Å². The predicted molar refractivity (Wildman–Crippen MR) is 120 cm³/mol. The van der Waals surface area contributed by atoms with Gasteiger partial charge in [-0.1, -0.05) is 0 Å². The van der Waals surface area contributed by atoms with Crippen molar-refractivity contribution in [1.82, 2.24) is 5.43 Å². The average Bonchev–Trinajstić information content (AvgIpc) is 2.74. The molecular formula is C20H24N4O7S. The van der Waals surface area contributed by atoms with E-state index in [1.807, 2.05) is 6.92 Å². The first kappa shape index (κ1) is 24.6. The van der Waals surface area contributed by atoms with E-state index >= 15 is 0 Å². The molecule has 172 valence electrons. The van der Waals surface area contributed by atoms with Gasteiger partial charge in [0.2, 0.25) is 10.0 Å². The van der Waals surface area contributed by atoms with Crippen LogP contribution in [-0.2, 0) is 14.8 Å². The van der Waals surface area contributed by atoms with Crippen LogP contribution in [0, 0.1) is 10.1 Å². The smallest absolute Gasteiger partial charge is 0.311 e. The molecule has 0 fully saturated rings. The van der Waals surface area contributed by atoms with Crippen molar-refractivity contribution in [3.8, 4) is 11.5 Å². The minimum absolute atomic E-state index is 0.0870. The van der Waals surface area contributed by atoms with Gasteiger partial charge >= 0.3 is 5.69 Å². The van der Waals surface area contributed by atoms with Crippen molar-refractivity contribution in [1.29, 1.82) is 0 Å². The molecule has 1 amide bonds. The van der Waals surface area contributed by atoms with Gasteiger partial charge < -0.3 is 9.47 Å². The number of hydrogen-bond acceptors (Lipinski definition) is 8. The molecule has 12 heteroatoms. The van der Waals surface area contributed by atoms with Gasteiger partial charge in [0.25, 0.3) is 5.91 Å². The lowest BCUT2D eigenvalue weighted by atomic mass is 10.2. The van der Waals surface area contributed by atoms with E-state index in [-0.39, 0.29) is 17.1 Å². The van der Waals surface area contributed by atoms with Crippen LogP contribution in [0.5, 0.6) is 11.5 Å². The lowest BCUT2D eigenvalue weighted by Crippen LogP contribution is -2.46. The zero-order chi connectivity index (χ0) is 23.9. The number of benzene rings is 2. The first-order chi connectivity index (χ1) is 15.1. The summed E-state index contributed by atoms with van der Waals surface area (Å²) in [4.78, 5) is 23.1. The Hall–Kier alpha value is -3.67. The SMILES string of the molecule is CCOc1ccc(N([C@@H](C)C(=O)N/N=C\c2ccc(OC)c([N+](=O)[O-])c2)S(C)(=O)=O)cc1. The Bertz CT molecular complexity index is 1100. The van der Waals surface area contributed by atoms with Crippen LogP contribution in [0.3, 0.4) is 0 Å². The van der Waals surface area contributed by atoms with E-state index in [2.05, 4.69) is 10.5 Å². The highest BCUT2D eigenvalue weighted by Crippen LogP contribution is 2.27. The monoisotopic (exact) mass is 464 g/mol. The van der Waals surface area contributed by atoms with Crippen LogP contribution >= 0.6 is 0 Å². The number of sulfonamides is 1.